The summed E-state index contributed by atoms with van der Waals surface area (Å²) in [6, 6.07) is 7.92. The van der Waals surface area contributed by atoms with E-state index >= 15 is 0 Å². The van der Waals surface area contributed by atoms with Crippen molar-refractivity contribution < 1.29 is 0 Å². The Kier molecular flexibility index (Phi) is 7.36. The number of hydrogen-bond acceptors (Lipinski definition) is 3. The van der Waals surface area contributed by atoms with E-state index in [0.29, 0.717) is 0 Å². The van der Waals surface area contributed by atoms with Gasteiger partial charge in [0.2, 0.25) is 0 Å². The molecule has 0 unspecified atom stereocenters. The molecule has 0 aliphatic rings. The van der Waals surface area contributed by atoms with Crippen LogP contribution in [-0.2, 0) is 19.3 Å². The quantitative estimate of drug-likeness (QED) is 0.595. The third kappa shape index (κ3) is 5.84. The number of halogens is 1. The van der Waals surface area contributed by atoms with E-state index in [9.17, 15) is 0 Å². The summed E-state index contributed by atoms with van der Waals surface area (Å²) in [7, 11) is 1.78. The Morgan fingerprint density at radius 2 is 1.96 bits per heavy atom. The zero-order valence-electron chi connectivity index (χ0n) is 13.6. The Bertz CT molecular complexity index is 639. The molecule has 124 valence electrons. The highest BCUT2D eigenvalue weighted by atomic mass is 35.5. The van der Waals surface area contributed by atoms with Crippen molar-refractivity contribution in [3.8, 4) is 0 Å². The first-order valence-electron chi connectivity index (χ1n) is 7.84. The van der Waals surface area contributed by atoms with Gasteiger partial charge in [0.1, 0.15) is 0 Å². The number of nitrogens with one attached hydrogen (secondary N) is 2. The summed E-state index contributed by atoms with van der Waals surface area (Å²) < 4.78 is 0. The van der Waals surface area contributed by atoms with Gasteiger partial charge in [-0.15, -0.1) is 11.3 Å². The number of thiazole rings is 1. The molecule has 0 saturated heterocycles. The molecule has 0 saturated carbocycles. The molecule has 1 aromatic heterocycles. The van der Waals surface area contributed by atoms with Crippen molar-refractivity contribution in [1.82, 2.24) is 15.6 Å². The van der Waals surface area contributed by atoms with Crippen LogP contribution in [0.5, 0.6) is 0 Å². The van der Waals surface area contributed by atoms with Gasteiger partial charge >= 0.3 is 0 Å². The number of aryl methyl sites for hydroxylation is 1. The van der Waals surface area contributed by atoms with Crippen LogP contribution in [0.1, 0.15) is 22.4 Å². The largest absolute Gasteiger partial charge is 0.356 e. The van der Waals surface area contributed by atoms with Gasteiger partial charge in [-0.3, -0.25) is 4.99 Å². The van der Waals surface area contributed by atoms with Crippen LogP contribution in [0.25, 0.3) is 0 Å². The maximum Gasteiger partial charge on any atom is 0.191 e. The van der Waals surface area contributed by atoms with Crippen molar-refractivity contribution in [2.75, 3.05) is 20.1 Å². The molecule has 0 aliphatic heterocycles. The van der Waals surface area contributed by atoms with Crippen LogP contribution < -0.4 is 10.6 Å². The second kappa shape index (κ2) is 9.53. The summed E-state index contributed by atoms with van der Waals surface area (Å²) in [5.41, 5.74) is 1.15. The van der Waals surface area contributed by atoms with E-state index in [0.717, 1.165) is 48.9 Å². The average molecular weight is 351 g/mol. The maximum atomic E-state index is 6.16. The monoisotopic (exact) mass is 350 g/mol. The van der Waals surface area contributed by atoms with E-state index in [1.807, 2.05) is 30.5 Å². The molecule has 6 heteroatoms. The molecule has 0 atom stereocenters. The minimum Gasteiger partial charge on any atom is -0.356 e. The van der Waals surface area contributed by atoms with Gasteiger partial charge in [-0.25, -0.2) is 4.98 Å². The lowest BCUT2D eigenvalue weighted by atomic mass is 10.1. The van der Waals surface area contributed by atoms with Crippen LogP contribution in [0.3, 0.4) is 0 Å². The van der Waals surface area contributed by atoms with Crippen LogP contribution in [0.15, 0.2) is 35.5 Å². The highest BCUT2D eigenvalue weighted by Crippen LogP contribution is 2.15. The molecule has 0 aliphatic carbocycles. The zero-order chi connectivity index (χ0) is 16.5. The van der Waals surface area contributed by atoms with Crippen LogP contribution in [-0.4, -0.2) is 31.1 Å². The normalized spacial score (nSPS) is 11.5. The first-order chi connectivity index (χ1) is 11.2. The number of aliphatic imine (C=N–C) groups is 1. The summed E-state index contributed by atoms with van der Waals surface area (Å²) in [6.07, 6.45) is 4.80. The number of rotatable bonds is 7. The third-order valence-corrected chi connectivity index (χ3v) is 5.02. The fourth-order valence-corrected chi connectivity index (χ4v) is 3.24. The van der Waals surface area contributed by atoms with Crippen molar-refractivity contribution in [1.29, 1.82) is 0 Å². The Balaban J connectivity index is 1.70. The van der Waals surface area contributed by atoms with Crippen LogP contribution in [0.4, 0.5) is 0 Å². The van der Waals surface area contributed by atoms with Gasteiger partial charge in [-0.1, -0.05) is 36.7 Å². The number of hydrogen-bond donors (Lipinski definition) is 2. The summed E-state index contributed by atoms with van der Waals surface area (Å²) in [4.78, 5) is 10.00. The third-order valence-electron chi connectivity index (χ3n) is 3.45. The van der Waals surface area contributed by atoms with Gasteiger partial charge in [0, 0.05) is 42.7 Å². The van der Waals surface area contributed by atoms with Crippen molar-refractivity contribution in [2.45, 2.75) is 26.2 Å². The van der Waals surface area contributed by atoms with Gasteiger partial charge in [0.15, 0.2) is 5.96 Å². The lowest BCUT2D eigenvalue weighted by Gasteiger charge is -2.11. The van der Waals surface area contributed by atoms with Gasteiger partial charge in [-0.2, -0.15) is 0 Å². The van der Waals surface area contributed by atoms with Crippen LogP contribution in [0, 0.1) is 0 Å². The Morgan fingerprint density at radius 1 is 1.22 bits per heavy atom. The topological polar surface area (TPSA) is 49.3 Å². The van der Waals surface area contributed by atoms with Gasteiger partial charge in [0.05, 0.1) is 5.01 Å². The van der Waals surface area contributed by atoms with E-state index in [4.69, 9.17) is 11.6 Å². The van der Waals surface area contributed by atoms with Crippen molar-refractivity contribution in [3.05, 3.63) is 50.9 Å². The molecule has 0 fully saturated rings. The Labute approximate surface area is 147 Å². The minimum atomic E-state index is 0.792. The van der Waals surface area contributed by atoms with E-state index in [1.165, 1.54) is 9.88 Å². The fourth-order valence-electron chi connectivity index (χ4n) is 2.15. The van der Waals surface area contributed by atoms with Crippen LogP contribution in [0.2, 0.25) is 5.02 Å². The molecule has 2 N–H and O–H groups in total. The Hall–Kier alpha value is -1.59. The molecule has 0 amide bonds. The first kappa shape index (κ1) is 17.8. The minimum absolute atomic E-state index is 0.792. The SMILES string of the molecule is CCc1cnc(CCNC(=NC)NCCc2ccccc2Cl)s1. The molecular weight excluding hydrogens is 328 g/mol. The molecule has 1 heterocycles. The maximum absolute atomic E-state index is 6.16. The number of guanidine groups is 1. The predicted molar refractivity (Wildman–Crippen MR) is 99.7 cm³/mol. The van der Waals surface area contributed by atoms with E-state index in [-0.39, 0.29) is 0 Å². The predicted octanol–water partition coefficient (Wildman–Crippen LogP) is 3.31. The van der Waals surface area contributed by atoms with Gasteiger partial charge < -0.3 is 10.6 Å². The van der Waals surface area contributed by atoms with Crippen molar-refractivity contribution in [3.63, 3.8) is 0 Å². The lowest BCUT2D eigenvalue weighted by Crippen LogP contribution is -2.39. The first-order valence-corrected chi connectivity index (χ1v) is 9.04. The van der Waals surface area contributed by atoms with Gasteiger partial charge in [0.25, 0.3) is 0 Å². The summed E-state index contributed by atoms with van der Waals surface area (Å²) >= 11 is 7.94. The number of nitrogens with zero attached hydrogens (tertiary/aromatic N) is 2. The molecule has 1 aromatic carbocycles. The van der Waals surface area contributed by atoms with Crippen molar-refractivity contribution in [2.24, 2.45) is 4.99 Å². The van der Waals surface area contributed by atoms with Gasteiger partial charge in [-0.05, 0) is 24.5 Å². The lowest BCUT2D eigenvalue weighted by molar-refractivity contribution is 0.782. The molecular formula is C17H23ClN4S. The smallest absolute Gasteiger partial charge is 0.191 e. The van der Waals surface area contributed by atoms with E-state index in [1.54, 1.807) is 18.4 Å². The highest BCUT2D eigenvalue weighted by molar-refractivity contribution is 7.11. The highest BCUT2D eigenvalue weighted by Gasteiger charge is 2.03. The summed E-state index contributed by atoms with van der Waals surface area (Å²) in [5, 5.41) is 8.61. The standard InChI is InChI=1S/C17H23ClN4S/c1-3-14-12-22-16(23-14)9-11-21-17(19-2)20-10-8-13-6-4-5-7-15(13)18/h4-7,12H,3,8-11H2,1-2H3,(H2,19,20,21). The Morgan fingerprint density at radius 3 is 2.61 bits per heavy atom. The summed E-state index contributed by atoms with van der Waals surface area (Å²) in [6.45, 7) is 3.77. The molecule has 2 rings (SSSR count). The molecule has 0 bridgehead atoms. The second-order valence-electron chi connectivity index (χ2n) is 5.09. The molecule has 2 aromatic rings. The number of benzene rings is 1. The average Bonchev–Trinajstić information content (AvgIpc) is 3.03. The van der Waals surface area contributed by atoms with E-state index in [2.05, 4.69) is 27.5 Å². The number of aromatic nitrogens is 1. The molecule has 0 spiro atoms. The molecule has 4 nitrogen and oxygen atoms in total. The fraction of sp³-hybridized carbons (Fsp3) is 0.412. The van der Waals surface area contributed by atoms with Crippen molar-refractivity contribution >= 4 is 28.9 Å². The zero-order valence-corrected chi connectivity index (χ0v) is 15.2. The second-order valence-corrected chi connectivity index (χ2v) is 6.70. The molecule has 0 radical (unpaired) electrons. The van der Waals surface area contributed by atoms with E-state index < -0.39 is 0 Å². The molecule has 23 heavy (non-hydrogen) atoms. The van der Waals surface area contributed by atoms with Crippen LogP contribution >= 0.6 is 22.9 Å². The summed E-state index contributed by atoms with van der Waals surface area (Å²) in [5.74, 6) is 0.810.